The van der Waals surface area contributed by atoms with Gasteiger partial charge in [-0.3, -0.25) is 4.57 Å². The monoisotopic (exact) mass is 404 g/mol. The molecule has 1 spiro atoms. The van der Waals surface area contributed by atoms with E-state index in [1.165, 1.54) is 10.4 Å². The molecule has 0 radical (unpaired) electrons. The average molecular weight is 405 g/mol. The van der Waals surface area contributed by atoms with Crippen molar-refractivity contribution in [1.82, 2.24) is 9.88 Å². The van der Waals surface area contributed by atoms with Crippen molar-refractivity contribution in [3.63, 3.8) is 0 Å². The summed E-state index contributed by atoms with van der Waals surface area (Å²) in [6.45, 7) is 2.93. The van der Waals surface area contributed by atoms with Crippen molar-refractivity contribution in [3.05, 3.63) is 55.2 Å². The number of nitrogens with one attached hydrogen (secondary N) is 1. The molecule has 1 aromatic carbocycles. The molecule has 7 heteroatoms. The van der Waals surface area contributed by atoms with Crippen LogP contribution in [-0.2, 0) is 23.8 Å². The summed E-state index contributed by atoms with van der Waals surface area (Å²) >= 11 is 7.99. The molecule has 3 atom stereocenters. The molecule has 0 saturated carbocycles. The fourth-order valence-corrected chi connectivity index (χ4v) is 6.10. The Kier molecular flexibility index (Phi) is 4.02. The Morgan fingerprint density at radius 2 is 2.19 bits per heavy atom. The Hall–Kier alpha value is -1.60. The first-order valence-electron chi connectivity index (χ1n) is 9.23. The summed E-state index contributed by atoms with van der Waals surface area (Å²) in [7, 11) is 1.74. The lowest BCUT2D eigenvalue weighted by Crippen LogP contribution is -2.49. The van der Waals surface area contributed by atoms with Gasteiger partial charge >= 0.3 is 5.76 Å². The molecule has 4 heterocycles. The molecule has 1 N–H and O–H groups in total. The van der Waals surface area contributed by atoms with Crippen molar-refractivity contribution in [3.8, 4) is 0 Å². The summed E-state index contributed by atoms with van der Waals surface area (Å²) in [6, 6.07) is 8.51. The number of oxazole rings is 1. The molecule has 27 heavy (non-hydrogen) atoms. The maximum atomic E-state index is 11.8. The summed E-state index contributed by atoms with van der Waals surface area (Å²) in [4.78, 5) is 13.1. The third-order valence-electron chi connectivity index (χ3n) is 5.82. The summed E-state index contributed by atoms with van der Waals surface area (Å²) in [5, 5.41) is 3.71. The first-order valence-corrected chi connectivity index (χ1v) is 10.4. The SMILES string of the molecule is CC1CC2(CC(c3ccc4oc(=O)n(C)c4c3)N1)OCCc1cc(Cl)sc12. The van der Waals surface area contributed by atoms with E-state index in [4.69, 9.17) is 20.8 Å². The fraction of sp³-hybridized carbons (Fsp3) is 0.450. The number of nitrogens with zero attached hydrogens (tertiary/aromatic N) is 1. The maximum absolute atomic E-state index is 11.8. The number of piperidine rings is 1. The Morgan fingerprint density at radius 1 is 1.33 bits per heavy atom. The first-order chi connectivity index (χ1) is 12.9. The van der Waals surface area contributed by atoms with Gasteiger partial charge in [0.15, 0.2) is 5.58 Å². The van der Waals surface area contributed by atoms with Crippen LogP contribution in [-0.4, -0.2) is 17.2 Å². The molecule has 5 rings (SSSR count). The topological polar surface area (TPSA) is 56.4 Å². The highest BCUT2D eigenvalue weighted by Crippen LogP contribution is 2.50. The highest BCUT2D eigenvalue weighted by molar-refractivity contribution is 7.16. The van der Waals surface area contributed by atoms with E-state index >= 15 is 0 Å². The van der Waals surface area contributed by atoms with Gasteiger partial charge < -0.3 is 14.5 Å². The molecule has 0 aliphatic carbocycles. The lowest BCUT2D eigenvalue weighted by molar-refractivity contribution is -0.0954. The van der Waals surface area contributed by atoms with E-state index in [9.17, 15) is 4.79 Å². The number of hydrogen-bond acceptors (Lipinski definition) is 5. The molecule has 0 bridgehead atoms. The van der Waals surface area contributed by atoms with Gasteiger partial charge in [0.2, 0.25) is 0 Å². The number of benzene rings is 1. The zero-order valence-electron chi connectivity index (χ0n) is 15.3. The highest BCUT2D eigenvalue weighted by atomic mass is 35.5. The largest absolute Gasteiger partial charge is 0.419 e. The minimum absolute atomic E-state index is 0.134. The number of aryl methyl sites for hydroxylation is 1. The third-order valence-corrected chi connectivity index (χ3v) is 7.31. The second kappa shape index (κ2) is 6.21. The van der Waals surface area contributed by atoms with Crippen LogP contribution in [0.4, 0.5) is 0 Å². The summed E-state index contributed by atoms with van der Waals surface area (Å²) in [6.07, 6.45) is 2.70. The van der Waals surface area contributed by atoms with Gasteiger partial charge in [-0.15, -0.1) is 11.3 Å². The van der Waals surface area contributed by atoms with Crippen molar-refractivity contribution in [1.29, 1.82) is 0 Å². The molecule has 1 saturated heterocycles. The van der Waals surface area contributed by atoms with E-state index in [0.29, 0.717) is 11.6 Å². The van der Waals surface area contributed by atoms with Gasteiger partial charge in [-0.1, -0.05) is 17.7 Å². The van der Waals surface area contributed by atoms with E-state index in [0.717, 1.165) is 41.3 Å². The summed E-state index contributed by atoms with van der Waals surface area (Å²) < 4.78 is 14.1. The number of ether oxygens (including phenoxy) is 1. The van der Waals surface area contributed by atoms with Gasteiger partial charge in [0, 0.05) is 30.4 Å². The van der Waals surface area contributed by atoms with Gasteiger partial charge in [-0.25, -0.2) is 4.79 Å². The molecule has 1 fully saturated rings. The molecule has 2 aliphatic heterocycles. The molecule has 3 aromatic rings. The fourth-order valence-electron chi connectivity index (χ4n) is 4.63. The van der Waals surface area contributed by atoms with Crippen LogP contribution >= 0.6 is 22.9 Å². The van der Waals surface area contributed by atoms with Crippen LogP contribution < -0.4 is 11.1 Å². The minimum atomic E-state index is -0.336. The predicted molar refractivity (Wildman–Crippen MR) is 107 cm³/mol. The Labute approximate surface area is 165 Å². The Balaban J connectivity index is 1.57. The number of hydrogen-bond donors (Lipinski definition) is 1. The highest BCUT2D eigenvalue weighted by Gasteiger charge is 2.46. The Bertz CT molecular complexity index is 1080. The lowest BCUT2D eigenvalue weighted by Gasteiger charge is -2.46. The summed E-state index contributed by atoms with van der Waals surface area (Å²) in [5.74, 6) is -0.336. The number of halogens is 1. The van der Waals surface area contributed by atoms with E-state index in [-0.39, 0.29) is 17.4 Å². The van der Waals surface area contributed by atoms with Crippen LogP contribution in [0, 0.1) is 0 Å². The van der Waals surface area contributed by atoms with Crippen molar-refractivity contribution >= 4 is 34.0 Å². The van der Waals surface area contributed by atoms with E-state index < -0.39 is 0 Å². The predicted octanol–water partition coefficient (Wildman–Crippen LogP) is 4.13. The van der Waals surface area contributed by atoms with Gasteiger partial charge in [-0.2, -0.15) is 0 Å². The van der Waals surface area contributed by atoms with E-state index in [1.807, 2.05) is 12.1 Å². The molecule has 2 aromatic heterocycles. The van der Waals surface area contributed by atoms with Gasteiger partial charge in [-0.05, 0) is 49.1 Å². The van der Waals surface area contributed by atoms with Crippen LogP contribution in [0.2, 0.25) is 4.34 Å². The lowest BCUT2D eigenvalue weighted by atomic mass is 9.78. The van der Waals surface area contributed by atoms with Crippen molar-refractivity contribution in [2.24, 2.45) is 7.05 Å². The number of thiophene rings is 1. The van der Waals surface area contributed by atoms with Crippen LogP contribution in [0.1, 0.15) is 41.8 Å². The molecule has 142 valence electrons. The second-order valence-electron chi connectivity index (χ2n) is 7.68. The molecule has 3 unspecified atom stereocenters. The minimum Gasteiger partial charge on any atom is -0.408 e. The molecule has 2 aliphatic rings. The number of aromatic nitrogens is 1. The van der Waals surface area contributed by atoms with Crippen LogP contribution in [0.15, 0.2) is 33.5 Å². The maximum Gasteiger partial charge on any atom is 0.419 e. The van der Waals surface area contributed by atoms with E-state index in [1.54, 1.807) is 23.0 Å². The molecule has 5 nitrogen and oxygen atoms in total. The average Bonchev–Trinajstić information content (AvgIpc) is 3.15. The summed E-state index contributed by atoms with van der Waals surface area (Å²) in [5.41, 5.74) is 3.61. The molecular formula is C20H21ClN2O3S. The van der Waals surface area contributed by atoms with Gasteiger partial charge in [0.25, 0.3) is 0 Å². The zero-order valence-corrected chi connectivity index (χ0v) is 16.8. The van der Waals surface area contributed by atoms with Crippen LogP contribution in [0.5, 0.6) is 0 Å². The Morgan fingerprint density at radius 3 is 3.04 bits per heavy atom. The quantitative estimate of drug-likeness (QED) is 0.662. The molecule has 0 amide bonds. The van der Waals surface area contributed by atoms with E-state index in [2.05, 4.69) is 24.4 Å². The zero-order chi connectivity index (χ0) is 18.8. The normalized spacial score (nSPS) is 28.0. The van der Waals surface area contributed by atoms with Crippen LogP contribution in [0.3, 0.4) is 0 Å². The van der Waals surface area contributed by atoms with Crippen LogP contribution in [0.25, 0.3) is 11.1 Å². The van der Waals surface area contributed by atoms with Gasteiger partial charge in [0.05, 0.1) is 16.5 Å². The molecular weight excluding hydrogens is 384 g/mol. The third kappa shape index (κ3) is 2.78. The number of rotatable bonds is 1. The second-order valence-corrected chi connectivity index (χ2v) is 9.36. The smallest absolute Gasteiger partial charge is 0.408 e. The van der Waals surface area contributed by atoms with Gasteiger partial charge in [0.1, 0.15) is 5.60 Å². The first kappa shape index (κ1) is 17.5. The van der Waals surface area contributed by atoms with Crippen molar-refractivity contribution in [2.45, 2.75) is 43.9 Å². The number of fused-ring (bicyclic) bond motifs is 3. The van der Waals surface area contributed by atoms with Crippen molar-refractivity contribution < 1.29 is 9.15 Å². The standard InChI is InChI=1S/C20H21ClN2O3S/c1-11-9-20(18-13(5-6-25-20)8-17(21)27-18)10-14(22-11)12-3-4-16-15(7-12)23(2)19(24)26-16/h3-4,7-8,11,14,22H,5-6,9-10H2,1-2H3. The van der Waals surface area contributed by atoms with Crippen molar-refractivity contribution in [2.75, 3.05) is 6.61 Å².